The van der Waals surface area contributed by atoms with Gasteiger partial charge >= 0.3 is 5.97 Å². The molecule has 0 aromatic heterocycles. The van der Waals surface area contributed by atoms with E-state index in [0.29, 0.717) is 22.8 Å². The normalized spacial score (nSPS) is 13.9. The van der Waals surface area contributed by atoms with Gasteiger partial charge in [-0.15, -0.1) is 0 Å². The molecule has 1 amide bonds. The monoisotopic (exact) mass is 492 g/mol. The summed E-state index contributed by atoms with van der Waals surface area (Å²) in [5, 5.41) is 17.0. The first kappa shape index (κ1) is 24.0. The maximum Gasteiger partial charge on any atom is 0.305 e. The molecular weight excluding hydrogens is 468 g/mol. The van der Waals surface area contributed by atoms with E-state index in [2.05, 4.69) is 20.9 Å². The number of sulfone groups is 1. The lowest BCUT2D eigenvalue weighted by molar-refractivity contribution is -0.137. The van der Waals surface area contributed by atoms with Crippen molar-refractivity contribution >= 4 is 39.0 Å². The molecule has 0 saturated heterocycles. The Kier molecular flexibility index (Phi) is 7.11. The topological polar surface area (TPSA) is 137 Å². The van der Waals surface area contributed by atoms with Crippen molar-refractivity contribution in [1.82, 2.24) is 5.32 Å². The summed E-state index contributed by atoms with van der Waals surface area (Å²) in [6.45, 7) is 1.50. The van der Waals surface area contributed by atoms with Crippen LogP contribution in [0.15, 0.2) is 88.8 Å². The summed E-state index contributed by atoms with van der Waals surface area (Å²) in [7, 11) is -3.98. The molecule has 1 atom stereocenters. The molecule has 4 rings (SSSR count). The van der Waals surface area contributed by atoms with Crippen LogP contribution in [0.3, 0.4) is 0 Å². The molecule has 4 N–H and O–H groups in total. The SMILES string of the molecule is O=C(O)C[C@@H](c1ccccc1)S(=O)(=O)c1ccc(NC(=O)c2ccc(NC3=NCCN3)cc2)cc1. The largest absolute Gasteiger partial charge is 0.481 e. The number of carboxylic acids is 1. The van der Waals surface area contributed by atoms with E-state index in [1.54, 1.807) is 54.6 Å². The number of hydrogen-bond acceptors (Lipinski definition) is 7. The Labute approximate surface area is 202 Å². The zero-order valence-corrected chi connectivity index (χ0v) is 19.5. The van der Waals surface area contributed by atoms with Crippen molar-refractivity contribution in [3.05, 3.63) is 90.0 Å². The Bertz CT molecular complexity index is 1340. The van der Waals surface area contributed by atoms with Gasteiger partial charge in [-0.1, -0.05) is 30.3 Å². The first-order chi connectivity index (χ1) is 16.8. The number of benzene rings is 3. The predicted molar refractivity (Wildman–Crippen MR) is 133 cm³/mol. The van der Waals surface area contributed by atoms with Gasteiger partial charge < -0.3 is 21.1 Å². The lowest BCUT2D eigenvalue weighted by Crippen LogP contribution is -2.26. The number of aliphatic carboxylic acids is 1. The van der Waals surface area contributed by atoms with Gasteiger partial charge in [0.1, 0.15) is 5.25 Å². The summed E-state index contributed by atoms with van der Waals surface area (Å²) in [5.41, 5.74) is 2.04. The van der Waals surface area contributed by atoms with Crippen molar-refractivity contribution in [3.63, 3.8) is 0 Å². The van der Waals surface area contributed by atoms with E-state index in [-0.39, 0.29) is 10.8 Å². The van der Waals surface area contributed by atoms with Crippen LogP contribution >= 0.6 is 0 Å². The summed E-state index contributed by atoms with van der Waals surface area (Å²) in [6.07, 6.45) is -0.556. The zero-order valence-electron chi connectivity index (χ0n) is 18.6. The van der Waals surface area contributed by atoms with Crippen molar-refractivity contribution in [3.8, 4) is 0 Å². The number of carbonyl (C=O) groups excluding carboxylic acids is 1. The molecule has 1 aliphatic rings. The van der Waals surface area contributed by atoms with Crippen LogP contribution in [0.4, 0.5) is 11.4 Å². The number of guanidine groups is 1. The van der Waals surface area contributed by atoms with Crippen LogP contribution in [0.5, 0.6) is 0 Å². The van der Waals surface area contributed by atoms with E-state index in [4.69, 9.17) is 0 Å². The lowest BCUT2D eigenvalue weighted by atomic mass is 10.1. The number of carboxylic acid groups (broad SMARTS) is 1. The highest BCUT2D eigenvalue weighted by molar-refractivity contribution is 7.91. The standard InChI is InChI=1S/C25H24N4O5S/c30-23(31)16-22(17-4-2-1-3-5-17)35(33,34)21-12-10-19(11-13-21)28-24(32)18-6-8-20(9-7-18)29-25-26-14-15-27-25/h1-13,22H,14-16H2,(H,28,32)(H,30,31)(H2,26,27,29)/t22-/m0/s1. The van der Waals surface area contributed by atoms with Crippen molar-refractivity contribution in [1.29, 1.82) is 0 Å². The molecule has 0 radical (unpaired) electrons. The smallest absolute Gasteiger partial charge is 0.305 e. The number of nitrogens with one attached hydrogen (secondary N) is 3. The highest BCUT2D eigenvalue weighted by atomic mass is 32.2. The predicted octanol–water partition coefficient (Wildman–Crippen LogP) is 3.30. The van der Waals surface area contributed by atoms with Gasteiger partial charge in [0.15, 0.2) is 15.8 Å². The van der Waals surface area contributed by atoms with Gasteiger partial charge in [0.05, 0.1) is 17.9 Å². The van der Waals surface area contributed by atoms with Gasteiger partial charge in [0.25, 0.3) is 5.91 Å². The molecule has 0 bridgehead atoms. The van der Waals surface area contributed by atoms with Crippen LogP contribution in [0, 0.1) is 0 Å². The van der Waals surface area contributed by atoms with Gasteiger partial charge in [-0.25, -0.2) is 8.42 Å². The molecule has 180 valence electrons. The Morgan fingerprint density at radius 2 is 1.60 bits per heavy atom. The fourth-order valence-corrected chi connectivity index (χ4v) is 5.37. The van der Waals surface area contributed by atoms with Crippen LogP contribution in [0.1, 0.15) is 27.6 Å². The van der Waals surface area contributed by atoms with Gasteiger partial charge in [-0.3, -0.25) is 14.6 Å². The first-order valence-corrected chi connectivity index (χ1v) is 12.4. The third kappa shape index (κ3) is 5.85. The number of amides is 1. The van der Waals surface area contributed by atoms with Crippen molar-refractivity contribution in [2.45, 2.75) is 16.6 Å². The van der Waals surface area contributed by atoms with Crippen molar-refractivity contribution in [2.75, 3.05) is 23.7 Å². The number of anilines is 2. The molecule has 1 heterocycles. The number of aliphatic imine (C=N–C) groups is 1. The molecule has 0 saturated carbocycles. The molecule has 1 aliphatic heterocycles. The Morgan fingerprint density at radius 1 is 0.943 bits per heavy atom. The lowest BCUT2D eigenvalue weighted by Gasteiger charge is -2.17. The number of rotatable bonds is 8. The second kappa shape index (κ2) is 10.4. The maximum absolute atomic E-state index is 13.2. The van der Waals surface area contributed by atoms with E-state index in [0.717, 1.165) is 18.8 Å². The molecule has 0 aliphatic carbocycles. The first-order valence-electron chi connectivity index (χ1n) is 10.9. The van der Waals surface area contributed by atoms with Crippen LogP contribution in [0.2, 0.25) is 0 Å². The molecule has 3 aromatic carbocycles. The van der Waals surface area contributed by atoms with E-state index in [1.807, 2.05) is 0 Å². The van der Waals surface area contributed by atoms with E-state index in [1.165, 1.54) is 24.3 Å². The van der Waals surface area contributed by atoms with Crippen molar-refractivity contribution < 1.29 is 23.1 Å². The molecule has 10 heteroatoms. The minimum absolute atomic E-state index is 0.0236. The van der Waals surface area contributed by atoms with Crippen LogP contribution in [-0.2, 0) is 14.6 Å². The fraction of sp³-hybridized carbons (Fsp3) is 0.160. The molecule has 0 fully saturated rings. The average molecular weight is 493 g/mol. The summed E-state index contributed by atoms with van der Waals surface area (Å²) in [4.78, 5) is 28.2. The fourth-order valence-electron chi connectivity index (χ4n) is 3.65. The Hall–Kier alpha value is -4.18. The minimum Gasteiger partial charge on any atom is -0.481 e. The second-order valence-electron chi connectivity index (χ2n) is 7.88. The highest BCUT2D eigenvalue weighted by Gasteiger charge is 2.31. The number of hydrogen-bond donors (Lipinski definition) is 4. The summed E-state index contributed by atoms with van der Waals surface area (Å²) in [5.74, 6) is -0.869. The van der Waals surface area contributed by atoms with E-state index >= 15 is 0 Å². The number of nitrogens with zero attached hydrogens (tertiary/aromatic N) is 1. The van der Waals surface area contributed by atoms with Crippen LogP contribution < -0.4 is 16.0 Å². The zero-order chi connectivity index (χ0) is 24.8. The Balaban J connectivity index is 1.46. The summed E-state index contributed by atoms with van der Waals surface area (Å²) in [6, 6.07) is 20.8. The average Bonchev–Trinajstić information content (AvgIpc) is 3.37. The van der Waals surface area contributed by atoms with Gasteiger partial charge in [-0.2, -0.15) is 0 Å². The number of carbonyl (C=O) groups is 2. The van der Waals surface area contributed by atoms with E-state index in [9.17, 15) is 23.1 Å². The van der Waals surface area contributed by atoms with Crippen molar-refractivity contribution in [2.24, 2.45) is 4.99 Å². The molecular formula is C25H24N4O5S. The second-order valence-corrected chi connectivity index (χ2v) is 10.0. The Morgan fingerprint density at radius 3 is 2.20 bits per heavy atom. The quantitative estimate of drug-likeness (QED) is 0.379. The van der Waals surface area contributed by atoms with Gasteiger partial charge in [-0.05, 0) is 54.1 Å². The van der Waals surface area contributed by atoms with Crippen LogP contribution in [-0.4, -0.2) is 44.4 Å². The molecule has 35 heavy (non-hydrogen) atoms. The third-order valence-corrected chi connectivity index (χ3v) is 7.55. The third-order valence-electron chi connectivity index (χ3n) is 5.43. The highest BCUT2D eigenvalue weighted by Crippen LogP contribution is 2.32. The van der Waals surface area contributed by atoms with Crippen LogP contribution in [0.25, 0.3) is 0 Å². The van der Waals surface area contributed by atoms with Gasteiger partial charge in [0, 0.05) is 23.5 Å². The summed E-state index contributed by atoms with van der Waals surface area (Å²) < 4.78 is 26.4. The minimum atomic E-state index is -3.98. The molecule has 0 spiro atoms. The molecule has 9 nitrogen and oxygen atoms in total. The van der Waals surface area contributed by atoms with Gasteiger partial charge in [0.2, 0.25) is 0 Å². The summed E-state index contributed by atoms with van der Waals surface area (Å²) >= 11 is 0. The van der Waals surface area contributed by atoms with E-state index < -0.39 is 27.5 Å². The molecule has 3 aromatic rings. The maximum atomic E-state index is 13.2. The molecule has 0 unspecified atom stereocenters.